The SMILES string of the molecule is Cc1sc2nc(CS[C@H](C)C(=O)NC[C@@H](C)C[C@H](C)O)[nH]c(=O)c2c1C. The molecule has 0 aromatic carbocycles. The Labute approximate surface area is 161 Å². The van der Waals surface area contributed by atoms with E-state index in [1.54, 1.807) is 6.92 Å². The normalized spacial score (nSPS) is 15.0. The predicted octanol–water partition coefficient (Wildman–Crippen LogP) is 2.75. The van der Waals surface area contributed by atoms with E-state index in [1.165, 1.54) is 23.1 Å². The highest BCUT2D eigenvalue weighted by atomic mass is 32.2. The molecule has 3 atom stereocenters. The first kappa shape index (κ1) is 20.9. The quantitative estimate of drug-likeness (QED) is 0.637. The van der Waals surface area contributed by atoms with Crippen LogP contribution in [0.4, 0.5) is 0 Å². The van der Waals surface area contributed by atoms with E-state index in [4.69, 9.17) is 0 Å². The van der Waals surface area contributed by atoms with E-state index in [0.717, 1.165) is 15.3 Å². The van der Waals surface area contributed by atoms with E-state index in [1.807, 2.05) is 27.7 Å². The van der Waals surface area contributed by atoms with Gasteiger partial charge in [0.15, 0.2) is 0 Å². The second-order valence-corrected chi connectivity index (χ2v) is 9.40. The van der Waals surface area contributed by atoms with Crippen molar-refractivity contribution in [2.75, 3.05) is 6.54 Å². The van der Waals surface area contributed by atoms with Crippen molar-refractivity contribution in [1.82, 2.24) is 15.3 Å². The molecule has 26 heavy (non-hydrogen) atoms. The lowest BCUT2D eigenvalue weighted by Crippen LogP contribution is -2.34. The fourth-order valence-electron chi connectivity index (χ4n) is 2.73. The van der Waals surface area contributed by atoms with Gasteiger partial charge in [-0.15, -0.1) is 23.1 Å². The number of aliphatic hydroxyl groups excluding tert-OH is 1. The van der Waals surface area contributed by atoms with Gasteiger partial charge in [0.25, 0.3) is 5.56 Å². The zero-order chi connectivity index (χ0) is 19.4. The number of aromatic nitrogens is 2. The maximum Gasteiger partial charge on any atom is 0.259 e. The number of carbonyl (C=O) groups is 1. The second kappa shape index (κ2) is 9.01. The van der Waals surface area contributed by atoms with Crippen LogP contribution in [0, 0.1) is 19.8 Å². The summed E-state index contributed by atoms with van der Waals surface area (Å²) in [4.78, 5) is 33.7. The first-order valence-corrected chi connectivity index (χ1v) is 10.6. The Hall–Kier alpha value is -1.38. The molecule has 0 saturated heterocycles. The van der Waals surface area contributed by atoms with Crippen LogP contribution in [0.5, 0.6) is 0 Å². The molecule has 1 amide bonds. The molecule has 0 saturated carbocycles. The number of rotatable bonds is 8. The van der Waals surface area contributed by atoms with E-state index < -0.39 is 0 Å². The van der Waals surface area contributed by atoms with E-state index in [9.17, 15) is 14.7 Å². The van der Waals surface area contributed by atoms with Gasteiger partial charge in [-0.3, -0.25) is 9.59 Å². The van der Waals surface area contributed by atoms with Gasteiger partial charge in [0.2, 0.25) is 5.91 Å². The first-order chi connectivity index (χ1) is 12.2. The molecule has 0 unspecified atom stereocenters. The number of aryl methyl sites for hydroxylation is 2. The van der Waals surface area contributed by atoms with Crippen LogP contribution in [0.3, 0.4) is 0 Å². The summed E-state index contributed by atoms with van der Waals surface area (Å²) in [7, 11) is 0. The van der Waals surface area contributed by atoms with Crippen molar-refractivity contribution < 1.29 is 9.90 Å². The number of nitrogens with one attached hydrogen (secondary N) is 2. The molecule has 2 heterocycles. The minimum Gasteiger partial charge on any atom is -0.393 e. The lowest BCUT2D eigenvalue weighted by molar-refractivity contribution is -0.120. The summed E-state index contributed by atoms with van der Waals surface area (Å²) in [5, 5.41) is 12.7. The Morgan fingerprint density at radius 2 is 2.04 bits per heavy atom. The van der Waals surface area contributed by atoms with E-state index in [-0.39, 0.29) is 28.7 Å². The fourth-order valence-corrected chi connectivity index (χ4v) is 4.56. The van der Waals surface area contributed by atoms with Crippen molar-refractivity contribution >= 4 is 39.2 Å². The molecule has 0 spiro atoms. The summed E-state index contributed by atoms with van der Waals surface area (Å²) < 4.78 is 0. The van der Waals surface area contributed by atoms with Crippen LogP contribution in [0.25, 0.3) is 10.2 Å². The third-order valence-electron chi connectivity index (χ3n) is 4.30. The Morgan fingerprint density at radius 1 is 1.35 bits per heavy atom. The van der Waals surface area contributed by atoms with Crippen LogP contribution in [0.2, 0.25) is 0 Å². The summed E-state index contributed by atoms with van der Waals surface area (Å²) in [6.07, 6.45) is 0.295. The standard InChI is InChI=1S/C18H27N3O3S2/c1-9(6-10(2)22)7-19-16(23)13(5)25-8-14-20-17(24)15-11(3)12(4)26-18(15)21-14/h9-10,13,22H,6-8H2,1-5H3,(H,19,23)(H,20,21,24)/t9-,10-,13+/m0/s1. The van der Waals surface area contributed by atoms with Crippen LogP contribution in [0.15, 0.2) is 4.79 Å². The number of nitrogens with zero attached hydrogens (tertiary/aromatic N) is 1. The van der Waals surface area contributed by atoms with Gasteiger partial charge in [0.05, 0.1) is 22.5 Å². The van der Waals surface area contributed by atoms with Gasteiger partial charge in [-0.1, -0.05) is 6.92 Å². The number of fused-ring (bicyclic) bond motifs is 1. The molecule has 2 aromatic heterocycles. The van der Waals surface area contributed by atoms with Crippen molar-refractivity contribution in [2.45, 2.75) is 58.1 Å². The second-order valence-electron chi connectivity index (χ2n) is 6.86. The molecule has 3 N–H and O–H groups in total. The molecule has 144 valence electrons. The topological polar surface area (TPSA) is 95.1 Å². The van der Waals surface area contributed by atoms with Gasteiger partial charge in [0, 0.05) is 11.4 Å². The van der Waals surface area contributed by atoms with Gasteiger partial charge in [-0.2, -0.15) is 0 Å². The highest BCUT2D eigenvalue weighted by Gasteiger charge is 2.17. The maximum absolute atomic E-state index is 12.3. The third kappa shape index (κ3) is 5.31. The number of hydrogen-bond acceptors (Lipinski definition) is 6. The minimum atomic E-state index is -0.365. The Kier molecular flexibility index (Phi) is 7.25. The first-order valence-electron chi connectivity index (χ1n) is 8.75. The van der Waals surface area contributed by atoms with Crippen molar-refractivity contribution in [1.29, 1.82) is 0 Å². The van der Waals surface area contributed by atoms with E-state index in [0.29, 0.717) is 29.9 Å². The average molecular weight is 398 g/mol. The largest absolute Gasteiger partial charge is 0.393 e. The molecule has 0 aliphatic heterocycles. The highest BCUT2D eigenvalue weighted by molar-refractivity contribution is 7.99. The number of thioether (sulfide) groups is 1. The van der Waals surface area contributed by atoms with Crippen LogP contribution in [0.1, 0.15) is 43.5 Å². The van der Waals surface area contributed by atoms with Gasteiger partial charge >= 0.3 is 0 Å². The molecule has 0 bridgehead atoms. The van der Waals surface area contributed by atoms with Crippen molar-refractivity contribution in [3.05, 3.63) is 26.6 Å². The number of amides is 1. The highest BCUT2D eigenvalue weighted by Crippen LogP contribution is 2.26. The number of carbonyl (C=O) groups excluding carboxylic acids is 1. The van der Waals surface area contributed by atoms with Crippen LogP contribution >= 0.6 is 23.1 Å². The number of thiophene rings is 1. The maximum atomic E-state index is 12.3. The predicted molar refractivity (Wildman–Crippen MR) is 109 cm³/mol. The molecule has 0 aliphatic rings. The lowest BCUT2D eigenvalue weighted by Gasteiger charge is -2.16. The van der Waals surface area contributed by atoms with Crippen molar-refractivity contribution in [3.8, 4) is 0 Å². The average Bonchev–Trinajstić information content (AvgIpc) is 2.84. The van der Waals surface area contributed by atoms with Crippen molar-refractivity contribution in [3.63, 3.8) is 0 Å². The zero-order valence-corrected chi connectivity index (χ0v) is 17.5. The van der Waals surface area contributed by atoms with Crippen LogP contribution < -0.4 is 10.9 Å². The smallest absolute Gasteiger partial charge is 0.259 e. The molecule has 0 aliphatic carbocycles. The summed E-state index contributed by atoms with van der Waals surface area (Å²) in [5.41, 5.74) is 0.869. The van der Waals surface area contributed by atoms with Crippen LogP contribution in [-0.2, 0) is 10.5 Å². The monoisotopic (exact) mass is 397 g/mol. The van der Waals surface area contributed by atoms with Gasteiger partial charge in [-0.05, 0) is 45.6 Å². The summed E-state index contributed by atoms with van der Waals surface area (Å²) >= 11 is 2.97. The van der Waals surface area contributed by atoms with Gasteiger partial charge in [0.1, 0.15) is 10.7 Å². The molecule has 2 rings (SSSR count). The van der Waals surface area contributed by atoms with Gasteiger partial charge < -0.3 is 15.4 Å². The fraction of sp³-hybridized carbons (Fsp3) is 0.611. The number of hydrogen-bond donors (Lipinski definition) is 3. The molecule has 6 nitrogen and oxygen atoms in total. The molecule has 8 heteroatoms. The molecular formula is C18H27N3O3S2. The molecular weight excluding hydrogens is 370 g/mol. The molecule has 0 fully saturated rings. The molecule has 0 radical (unpaired) electrons. The lowest BCUT2D eigenvalue weighted by atomic mass is 10.0. The van der Waals surface area contributed by atoms with Gasteiger partial charge in [-0.25, -0.2) is 4.98 Å². The Bertz CT molecular complexity index is 829. The Balaban J connectivity index is 1.92. The number of aromatic amines is 1. The molecule has 2 aromatic rings. The summed E-state index contributed by atoms with van der Waals surface area (Å²) in [6.45, 7) is 10.1. The summed E-state index contributed by atoms with van der Waals surface area (Å²) in [5.74, 6) is 1.25. The summed E-state index contributed by atoms with van der Waals surface area (Å²) in [6, 6.07) is 0. The zero-order valence-electron chi connectivity index (χ0n) is 15.9. The van der Waals surface area contributed by atoms with E-state index in [2.05, 4.69) is 15.3 Å². The van der Waals surface area contributed by atoms with Crippen molar-refractivity contribution in [2.24, 2.45) is 5.92 Å². The third-order valence-corrected chi connectivity index (χ3v) is 6.55. The number of aliphatic hydroxyl groups is 1. The van der Waals surface area contributed by atoms with Crippen LogP contribution in [-0.4, -0.2) is 38.9 Å². The minimum absolute atomic E-state index is 0.0429. The van der Waals surface area contributed by atoms with E-state index >= 15 is 0 Å². The number of H-pyrrole nitrogens is 1. The Morgan fingerprint density at radius 3 is 2.69 bits per heavy atom.